The Morgan fingerprint density at radius 3 is 2.76 bits per heavy atom. The van der Waals surface area contributed by atoms with E-state index in [-0.39, 0.29) is 12.1 Å². The lowest BCUT2D eigenvalue weighted by atomic mass is 10.1. The molecule has 0 saturated heterocycles. The molecule has 2 aromatic carbocycles. The number of nitrogens with zero attached hydrogens (tertiary/aromatic N) is 2. The molecule has 0 aliphatic carbocycles. The molecule has 1 aliphatic rings. The SMILES string of the molecule is CC(NC(=O)NCCc1cnn(-c2ccccc2)c1)c1ccc2c(c1)OCCO2. The van der Waals surface area contributed by atoms with E-state index in [1.165, 1.54) is 0 Å². The van der Waals surface area contributed by atoms with Crippen molar-refractivity contribution in [3.8, 4) is 17.2 Å². The van der Waals surface area contributed by atoms with E-state index >= 15 is 0 Å². The fourth-order valence-electron chi connectivity index (χ4n) is 3.19. The maximum Gasteiger partial charge on any atom is 0.315 e. The summed E-state index contributed by atoms with van der Waals surface area (Å²) in [6.07, 6.45) is 4.51. The van der Waals surface area contributed by atoms with Crippen LogP contribution in [0.3, 0.4) is 0 Å². The smallest absolute Gasteiger partial charge is 0.315 e. The van der Waals surface area contributed by atoms with E-state index in [0.29, 0.717) is 26.2 Å². The highest BCUT2D eigenvalue weighted by atomic mass is 16.6. The van der Waals surface area contributed by atoms with Gasteiger partial charge in [0.1, 0.15) is 13.2 Å². The number of carbonyl (C=O) groups excluding carboxylic acids is 1. The number of benzene rings is 2. The van der Waals surface area contributed by atoms with Crippen LogP contribution in [0.25, 0.3) is 5.69 Å². The number of urea groups is 1. The molecular weight excluding hydrogens is 368 g/mol. The maximum absolute atomic E-state index is 12.2. The number of carbonyl (C=O) groups is 1. The molecule has 0 fully saturated rings. The van der Waals surface area contributed by atoms with Gasteiger partial charge in [-0.3, -0.25) is 0 Å². The van der Waals surface area contributed by atoms with Crippen molar-refractivity contribution < 1.29 is 14.3 Å². The Bertz CT molecular complexity index is 971. The number of hydrogen-bond acceptors (Lipinski definition) is 4. The van der Waals surface area contributed by atoms with Gasteiger partial charge in [0, 0.05) is 12.7 Å². The van der Waals surface area contributed by atoms with Crippen LogP contribution >= 0.6 is 0 Å². The molecule has 3 aromatic rings. The van der Waals surface area contributed by atoms with Crippen LogP contribution in [0, 0.1) is 0 Å². The second-order valence-corrected chi connectivity index (χ2v) is 6.90. The zero-order valence-corrected chi connectivity index (χ0v) is 16.3. The van der Waals surface area contributed by atoms with Crippen LogP contribution in [0.15, 0.2) is 60.9 Å². The highest BCUT2D eigenvalue weighted by molar-refractivity contribution is 5.74. The van der Waals surface area contributed by atoms with Gasteiger partial charge in [-0.25, -0.2) is 9.48 Å². The van der Waals surface area contributed by atoms with E-state index in [2.05, 4.69) is 15.7 Å². The summed E-state index contributed by atoms with van der Waals surface area (Å²) in [6.45, 7) is 3.57. The van der Waals surface area contributed by atoms with Gasteiger partial charge in [0.2, 0.25) is 0 Å². The Labute approximate surface area is 169 Å². The third-order valence-electron chi connectivity index (χ3n) is 4.77. The van der Waals surface area contributed by atoms with Gasteiger partial charge in [0.15, 0.2) is 11.5 Å². The minimum Gasteiger partial charge on any atom is -0.486 e. The first kappa shape index (κ1) is 18.9. The number of hydrogen-bond donors (Lipinski definition) is 2. The number of ether oxygens (including phenoxy) is 2. The van der Waals surface area contributed by atoms with Crippen molar-refractivity contribution in [2.24, 2.45) is 0 Å². The Hall–Kier alpha value is -3.48. The van der Waals surface area contributed by atoms with E-state index in [4.69, 9.17) is 9.47 Å². The minimum atomic E-state index is -0.206. The Morgan fingerprint density at radius 2 is 1.93 bits per heavy atom. The summed E-state index contributed by atoms with van der Waals surface area (Å²) < 4.78 is 13.0. The molecule has 4 rings (SSSR count). The summed E-state index contributed by atoms with van der Waals surface area (Å²) in [4.78, 5) is 12.2. The monoisotopic (exact) mass is 392 g/mol. The average molecular weight is 392 g/mol. The molecule has 29 heavy (non-hydrogen) atoms. The second-order valence-electron chi connectivity index (χ2n) is 6.90. The predicted octanol–water partition coefficient (Wildman–Crippen LogP) is 3.25. The molecule has 2 amide bonds. The molecule has 1 aliphatic heterocycles. The fraction of sp³-hybridized carbons (Fsp3) is 0.273. The molecule has 1 aromatic heterocycles. The van der Waals surface area contributed by atoms with Crippen molar-refractivity contribution in [1.29, 1.82) is 0 Å². The van der Waals surface area contributed by atoms with Crippen molar-refractivity contribution >= 4 is 6.03 Å². The van der Waals surface area contributed by atoms with Gasteiger partial charge in [-0.1, -0.05) is 24.3 Å². The molecule has 1 unspecified atom stereocenters. The van der Waals surface area contributed by atoms with E-state index in [1.807, 2.05) is 72.5 Å². The molecule has 0 spiro atoms. The Balaban J connectivity index is 1.25. The summed E-state index contributed by atoms with van der Waals surface area (Å²) in [5, 5.41) is 10.2. The topological polar surface area (TPSA) is 77.4 Å². The minimum absolute atomic E-state index is 0.147. The maximum atomic E-state index is 12.2. The van der Waals surface area contributed by atoms with Gasteiger partial charge in [0.25, 0.3) is 0 Å². The molecule has 0 saturated carbocycles. The molecule has 0 bridgehead atoms. The number of fused-ring (bicyclic) bond motifs is 1. The first-order chi connectivity index (χ1) is 14.2. The highest BCUT2D eigenvalue weighted by Gasteiger charge is 2.15. The summed E-state index contributed by atoms with van der Waals surface area (Å²) in [7, 11) is 0. The van der Waals surface area contributed by atoms with Gasteiger partial charge in [-0.2, -0.15) is 5.10 Å². The van der Waals surface area contributed by atoms with Gasteiger partial charge in [-0.05, 0) is 48.7 Å². The first-order valence-corrected chi connectivity index (χ1v) is 9.72. The quantitative estimate of drug-likeness (QED) is 0.675. The highest BCUT2D eigenvalue weighted by Crippen LogP contribution is 2.32. The second kappa shape index (κ2) is 8.68. The molecule has 150 valence electrons. The van der Waals surface area contributed by atoms with Gasteiger partial charge < -0.3 is 20.1 Å². The van der Waals surface area contributed by atoms with Crippen LogP contribution in [-0.4, -0.2) is 35.6 Å². The van der Waals surface area contributed by atoms with E-state index < -0.39 is 0 Å². The van der Waals surface area contributed by atoms with Gasteiger partial charge >= 0.3 is 6.03 Å². The fourth-order valence-corrected chi connectivity index (χ4v) is 3.19. The summed E-state index contributed by atoms with van der Waals surface area (Å²) in [5.41, 5.74) is 3.04. The van der Waals surface area contributed by atoms with Gasteiger partial charge in [0.05, 0.1) is 17.9 Å². The Morgan fingerprint density at radius 1 is 1.14 bits per heavy atom. The van der Waals surface area contributed by atoms with Crippen LogP contribution in [0.2, 0.25) is 0 Å². The third kappa shape index (κ3) is 4.68. The largest absolute Gasteiger partial charge is 0.486 e. The number of rotatable bonds is 6. The van der Waals surface area contributed by atoms with Crippen molar-refractivity contribution in [1.82, 2.24) is 20.4 Å². The Kier molecular flexibility index (Phi) is 5.65. The zero-order chi connectivity index (χ0) is 20.1. The predicted molar refractivity (Wildman–Crippen MR) is 110 cm³/mol. The molecule has 7 heteroatoms. The van der Waals surface area contributed by atoms with E-state index in [0.717, 1.165) is 28.3 Å². The molecule has 2 N–H and O–H groups in total. The standard InChI is InChI=1S/C22H24N4O3/c1-16(18-7-8-20-21(13-18)29-12-11-28-20)25-22(27)23-10-9-17-14-24-26(15-17)19-5-3-2-4-6-19/h2-8,13-16H,9-12H2,1H3,(H2,23,25,27). The number of aromatic nitrogens is 2. The normalized spacial score (nSPS) is 13.6. The van der Waals surface area contributed by atoms with Crippen LogP contribution in [0.4, 0.5) is 4.79 Å². The van der Waals surface area contributed by atoms with E-state index in [9.17, 15) is 4.79 Å². The molecule has 7 nitrogen and oxygen atoms in total. The summed E-state index contributed by atoms with van der Waals surface area (Å²) in [6, 6.07) is 15.3. The van der Waals surface area contributed by atoms with E-state index in [1.54, 1.807) is 0 Å². The summed E-state index contributed by atoms with van der Waals surface area (Å²) >= 11 is 0. The van der Waals surface area contributed by atoms with Gasteiger partial charge in [-0.15, -0.1) is 0 Å². The molecule has 0 radical (unpaired) electrons. The first-order valence-electron chi connectivity index (χ1n) is 9.72. The van der Waals surface area contributed by atoms with Crippen LogP contribution < -0.4 is 20.1 Å². The van der Waals surface area contributed by atoms with Crippen molar-refractivity contribution in [2.45, 2.75) is 19.4 Å². The number of amides is 2. The average Bonchev–Trinajstić information content (AvgIpc) is 3.23. The molecule has 2 heterocycles. The molecule has 1 atom stereocenters. The van der Waals surface area contributed by atoms with Crippen LogP contribution in [-0.2, 0) is 6.42 Å². The zero-order valence-electron chi connectivity index (χ0n) is 16.3. The lowest BCUT2D eigenvalue weighted by Crippen LogP contribution is -2.38. The third-order valence-corrected chi connectivity index (χ3v) is 4.77. The van der Waals surface area contributed by atoms with Crippen LogP contribution in [0.5, 0.6) is 11.5 Å². The van der Waals surface area contributed by atoms with Crippen molar-refractivity contribution in [3.05, 3.63) is 72.1 Å². The van der Waals surface area contributed by atoms with Crippen LogP contribution in [0.1, 0.15) is 24.1 Å². The lowest BCUT2D eigenvalue weighted by molar-refractivity contribution is 0.171. The number of nitrogens with one attached hydrogen (secondary N) is 2. The molecular formula is C22H24N4O3. The van der Waals surface area contributed by atoms with Crippen molar-refractivity contribution in [2.75, 3.05) is 19.8 Å². The summed E-state index contributed by atoms with van der Waals surface area (Å²) in [5.74, 6) is 1.46. The lowest BCUT2D eigenvalue weighted by Gasteiger charge is -2.21. The van der Waals surface area contributed by atoms with Crippen molar-refractivity contribution in [3.63, 3.8) is 0 Å². The number of para-hydroxylation sites is 1.